The monoisotopic (exact) mass is 188 g/mol. The molecule has 0 spiro atoms. The summed E-state index contributed by atoms with van der Waals surface area (Å²) in [6, 6.07) is 0. The molecule has 0 amide bonds. The summed E-state index contributed by atoms with van der Waals surface area (Å²) in [7, 11) is -2.38. The Morgan fingerprint density at radius 3 is 2.31 bits per heavy atom. The Morgan fingerprint density at radius 2 is 1.92 bits per heavy atom. The molecule has 0 aromatic rings. The molecule has 6 nitrogen and oxygen atoms in total. The van der Waals surface area contributed by atoms with Gasteiger partial charge in [-0.2, -0.15) is 0 Å². The molecule has 70 valence electrons. The van der Waals surface area contributed by atoms with Gasteiger partial charge in [-0.15, -0.1) is 0 Å². The molecule has 0 unspecified atom stereocenters. The zero-order valence-electron chi connectivity index (χ0n) is 7.90. The summed E-state index contributed by atoms with van der Waals surface area (Å²) in [5.41, 5.74) is 0. The zero-order valence-corrected chi connectivity index (χ0v) is 6.90. The summed E-state index contributed by atoms with van der Waals surface area (Å²) in [5.74, 6) is -3.06. The molecule has 13 heavy (non-hydrogen) atoms. The van der Waals surface area contributed by atoms with Crippen molar-refractivity contribution in [2.45, 2.75) is 0 Å². The van der Waals surface area contributed by atoms with Gasteiger partial charge in [-0.25, -0.2) is 14.0 Å². The average molecular weight is 188 g/mol. The first-order valence-corrected chi connectivity index (χ1v) is 2.87. The maximum absolute atomic E-state index is 11.4. The minimum absolute atomic E-state index is 0. The second kappa shape index (κ2) is 8.07. The molecule has 2 N–H and O–H groups in total. The van der Waals surface area contributed by atoms with Gasteiger partial charge in [0.25, 0.3) is 0 Å². The van der Waals surface area contributed by atoms with Crippen LogP contribution in [-0.4, -0.2) is 42.6 Å². The molecule has 0 aromatic carbocycles. The SMILES string of the molecule is O=C(OCCF)C(=O)OB(O)O.[H-].[Li+]. The van der Waals surface area contributed by atoms with E-state index in [0.29, 0.717) is 0 Å². The van der Waals surface area contributed by atoms with Crippen LogP contribution in [0.15, 0.2) is 0 Å². The van der Waals surface area contributed by atoms with E-state index < -0.39 is 32.5 Å². The third kappa shape index (κ3) is 7.80. The van der Waals surface area contributed by atoms with Gasteiger partial charge in [0.1, 0.15) is 13.3 Å². The summed E-state index contributed by atoms with van der Waals surface area (Å²) in [6.45, 7) is -1.50. The van der Waals surface area contributed by atoms with Crippen molar-refractivity contribution in [3.8, 4) is 0 Å². The molecule has 0 bridgehead atoms. The van der Waals surface area contributed by atoms with Crippen LogP contribution in [0, 0.1) is 0 Å². The number of alkyl halides is 1. The molecule has 0 atom stereocenters. The van der Waals surface area contributed by atoms with Crippen LogP contribution in [0.2, 0.25) is 0 Å². The standard InChI is InChI=1S/C4H6BFO6.Li.H/c6-1-2-11-3(7)4(8)12-5(9)10;;/h9-10H,1-2H2;;/q;+1;-1. The smallest absolute Gasteiger partial charge is 1.00 e. The van der Waals surface area contributed by atoms with E-state index in [2.05, 4.69) is 9.39 Å². The van der Waals surface area contributed by atoms with Crippen LogP contribution in [0.1, 0.15) is 1.43 Å². The maximum Gasteiger partial charge on any atom is 1.00 e. The molecule has 0 aliphatic rings. The van der Waals surface area contributed by atoms with Crippen LogP contribution < -0.4 is 18.9 Å². The van der Waals surface area contributed by atoms with Crippen molar-refractivity contribution in [2.75, 3.05) is 13.3 Å². The number of rotatable bonds is 3. The molecule has 0 heterocycles. The van der Waals surface area contributed by atoms with Crippen molar-refractivity contribution in [3.05, 3.63) is 0 Å². The van der Waals surface area contributed by atoms with Crippen molar-refractivity contribution >= 4 is 19.3 Å². The summed E-state index contributed by atoms with van der Waals surface area (Å²) in [5, 5.41) is 16.1. The van der Waals surface area contributed by atoms with Gasteiger partial charge in [-0.1, -0.05) is 0 Å². The van der Waals surface area contributed by atoms with E-state index in [-0.39, 0.29) is 20.3 Å². The van der Waals surface area contributed by atoms with Crippen molar-refractivity contribution in [1.82, 2.24) is 0 Å². The van der Waals surface area contributed by atoms with Crippen molar-refractivity contribution in [2.24, 2.45) is 0 Å². The van der Waals surface area contributed by atoms with Crippen molar-refractivity contribution in [3.63, 3.8) is 0 Å². The maximum atomic E-state index is 11.4. The number of ether oxygens (including phenoxy) is 1. The van der Waals surface area contributed by atoms with Crippen LogP contribution in [0.3, 0.4) is 0 Å². The van der Waals surface area contributed by atoms with Gasteiger partial charge in [0.2, 0.25) is 0 Å². The van der Waals surface area contributed by atoms with E-state index in [1.807, 2.05) is 0 Å². The van der Waals surface area contributed by atoms with Crippen LogP contribution in [0.4, 0.5) is 4.39 Å². The molecule has 0 fully saturated rings. The molecule has 0 aliphatic heterocycles. The fourth-order valence-corrected chi connectivity index (χ4v) is 0.334. The number of halogens is 1. The Morgan fingerprint density at radius 1 is 1.38 bits per heavy atom. The number of hydrogen-bond donors (Lipinski definition) is 2. The third-order valence-electron chi connectivity index (χ3n) is 0.689. The first kappa shape index (κ1) is 14.9. The minimum atomic E-state index is -2.38. The second-order valence-electron chi connectivity index (χ2n) is 1.56. The van der Waals surface area contributed by atoms with E-state index >= 15 is 0 Å². The summed E-state index contributed by atoms with van der Waals surface area (Å²) in [4.78, 5) is 20.7. The van der Waals surface area contributed by atoms with Crippen molar-refractivity contribution in [1.29, 1.82) is 0 Å². The van der Waals surface area contributed by atoms with Crippen LogP contribution >= 0.6 is 0 Å². The van der Waals surface area contributed by atoms with Crippen LogP contribution in [0.5, 0.6) is 0 Å². The first-order valence-electron chi connectivity index (χ1n) is 2.87. The van der Waals surface area contributed by atoms with Gasteiger partial charge < -0.3 is 20.9 Å². The quantitative estimate of drug-likeness (QED) is 0.262. The van der Waals surface area contributed by atoms with Crippen LogP contribution in [0.25, 0.3) is 0 Å². The summed E-state index contributed by atoms with van der Waals surface area (Å²) >= 11 is 0. The molecule has 0 saturated heterocycles. The summed E-state index contributed by atoms with van der Waals surface area (Å²) in [6.07, 6.45) is 0. The van der Waals surface area contributed by atoms with Crippen LogP contribution in [-0.2, 0) is 19.0 Å². The Kier molecular flexibility index (Phi) is 9.28. The second-order valence-corrected chi connectivity index (χ2v) is 1.56. The molecule has 0 aromatic heterocycles. The largest absolute Gasteiger partial charge is 1.00 e. The van der Waals surface area contributed by atoms with E-state index in [0.717, 1.165) is 0 Å². The number of carbonyl (C=O) groups is 2. The number of carbonyl (C=O) groups excluding carboxylic acids is 2. The third-order valence-corrected chi connectivity index (χ3v) is 0.689. The van der Waals surface area contributed by atoms with E-state index in [1.54, 1.807) is 0 Å². The topological polar surface area (TPSA) is 93.1 Å². The normalized spacial score (nSPS) is 8.23. The van der Waals surface area contributed by atoms with Gasteiger partial charge in [0.05, 0.1) is 0 Å². The van der Waals surface area contributed by atoms with Gasteiger partial charge in [0, 0.05) is 0 Å². The average Bonchev–Trinajstić information content (AvgIpc) is 1.98. The Hall–Kier alpha value is -0.548. The number of esters is 1. The Balaban J connectivity index is -0.000000605. The first-order chi connectivity index (χ1) is 5.57. The Bertz CT molecular complexity index is 181. The van der Waals surface area contributed by atoms with Crippen molar-refractivity contribution < 1.29 is 53.7 Å². The fraction of sp³-hybridized carbons (Fsp3) is 0.500. The molecular weight excluding hydrogens is 181 g/mol. The zero-order chi connectivity index (χ0) is 9.56. The predicted octanol–water partition coefficient (Wildman–Crippen LogP) is -4.87. The molecule has 0 rings (SSSR count). The molecule has 0 aliphatic carbocycles. The molecule has 9 heteroatoms. The Labute approximate surface area is 86.8 Å². The molecule has 0 radical (unpaired) electrons. The number of hydrogen-bond acceptors (Lipinski definition) is 6. The van der Waals surface area contributed by atoms with E-state index in [9.17, 15) is 14.0 Å². The minimum Gasteiger partial charge on any atom is -1.00 e. The summed E-state index contributed by atoms with van der Waals surface area (Å²) < 4.78 is 18.9. The van der Waals surface area contributed by atoms with Gasteiger partial charge >= 0.3 is 38.1 Å². The van der Waals surface area contributed by atoms with Gasteiger partial charge in [-0.05, 0) is 0 Å². The van der Waals surface area contributed by atoms with Gasteiger partial charge in [0.15, 0.2) is 0 Å². The molecular formula is C4H7BFLiO6. The van der Waals surface area contributed by atoms with E-state index in [1.165, 1.54) is 0 Å². The van der Waals surface area contributed by atoms with E-state index in [4.69, 9.17) is 10.0 Å². The predicted molar refractivity (Wildman–Crippen MR) is 34.3 cm³/mol. The molecule has 0 saturated carbocycles. The van der Waals surface area contributed by atoms with Gasteiger partial charge in [-0.3, -0.25) is 0 Å². The fourth-order valence-electron chi connectivity index (χ4n) is 0.334.